The summed E-state index contributed by atoms with van der Waals surface area (Å²) in [4.78, 5) is 17.4. The molecule has 1 amide bonds. The second-order valence-corrected chi connectivity index (χ2v) is 8.14. The fourth-order valence-electron chi connectivity index (χ4n) is 4.19. The van der Waals surface area contributed by atoms with Crippen molar-refractivity contribution >= 4 is 16.9 Å². The van der Waals surface area contributed by atoms with Crippen molar-refractivity contribution in [3.8, 4) is 5.75 Å². The molecule has 0 bridgehead atoms. The topological polar surface area (TPSA) is 65.4 Å². The van der Waals surface area contributed by atoms with Gasteiger partial charge in [-0.15, -0.1) is 6.58 Å². The lowest BCUT2D eigenvalue weighted by Crippen LogP contribution is -2.36. The zero-order chi connectivity index (χ0) is 22.3. The second kappa shape index (κ2) is 10.5. The highest BCUT2D eigenvalue weighted by Crippen LogP contribution is 2.23. The molecule has 0 radical (unpaired) electrons. The van der Waals surface area contributed by atoms with Crippen molar-refractivity contribution in [1.29, 1.82) is 0 Å². The number of hydrogen-bond acceptors (Lipinski definition) is 4. The van der Waals surface area contributed by atoms with Crippen LogP contribution >= 0.6 is 0 Å². The summed E-state index contributed by atoms with van der Waals surface area (Å²) in [6, 6.07) is 15.9. The monoisotopic (exact) mass is 433 g/mol. The molecule has 3 aromatic rings. The number of hydrogen-bond donors (Lipinski definition) is 1. The molecule has 1 aliphatic heterocycles. The van der Waals surface area contributed by atoms with Gasteiger partial charge < -0.3 is 19.4 Å². The molecule has 1 saturated heterocycles. The summed E-state index contributed by atoms with van der Waals surface area (Å²) in [7, 11) is 0. The van der Waals surface area contributed by atoms with Gasteiger partial charge in [-0.25, -0.2) is 4.98 Å². The van der Waals surface area contributed by atoms with Gasteiger partial charge in [0.1, 0.15) is 17.7 Å². The number of nitrogens with one attached hydrogen (secondary N) is 1. The Morgan fingerprint density at radius 1 is 1.31 bits per heavy atom. The molecule has 1 fully saturated rings. The second-order valence-electron chi connectivity index (χ2n) is 8.14. The van der Waals surface area contributed by atoms with Crippen molar-refractivity contribution in [1.82, 2.24) is 14.9 Å². The van der Waals surface area contributed by atoms with E-state index in [1.807, 2.05) is 49.4 Å². The van der Waals surface area contributed by atoms with Crippen LogP contribution in [0.2, 0.25) is 0 Å². The molecule has 6 heteroatoms. The zero-order valence-electron chi connectivity index (χ0n) is 18.6. The molecule has 168 valence electrons. The number of allylic oxidation sites excluding steroid dienone is 1. The average Bonchev–Trinajstić information content (AvgIpc) is 3.46. The minimum absolute atomic E-state index is 0.0595. The van der Waals surface area contributed by atoms with E-state index >= 15 is 0 Å². The lowest BCUT2D eigenvalue weighted by Gasteiger charge is -2.18. The molecule has 32 heavy (non-hydrogen) atoms. The third-order valence-electron chi connectivity index (χ3n) is 5.77. The van der Waals surface area contributed by atoms with E-state index in [0.717, 1.165) is 60.4 Å². The van der Waals surface area contributed by atoms with Crippen LogP contribution in [0.25, 0.3) is 11.0 Å². The maximum absolute atomic E-state index is 12.6. The summed E-state index contributed by atoms with van der Waals surface area (Å²) in [5.41, 5.74) is 3.13. The summed E-state index contributed by atoms with van der Waals surface area (Å²) in [5, 5.41) is 3.09. The van der Waals surface area contributed by atoms with Crippen LogP contribution < -0.4 is 10.1 Å². The minimum atomic E-state index is -0.348. The van der Waals surface area contributed by atoms with Crippen LogP contribution in [0.3, 0.4) is 0 Å². The van der Waals surface area contributed by atoms with Gasteiger partial charge in [0.05, 0.1) is 23.7 Å². The largest absolute Gasteiger partial charge is 0.493 e. The molecule has 0 saturated carbocycles. The first-order chi connectivity index (χ1) is 15.7. The van der Waals surface area contributed by atoms with Gasteiger partial charge >= 0.3 is 0 Å². The van der Waals surface area contributed by atoms with Crippen LogP contribution in [0, 0.1) is 0 Å². The molecule has 0 aliphatic carbocycles. The van der Waals surface area contributed by atoms with Crippen LogP contribution in [-0.4, -0.2) is 34.8 Å². The molecule has 6 nitrogen and oxygen atoms in total. The Morgan fingerprint density at radius 3 is 2.94 bits per heavy atom. The van der Waals surface area contributed by atoms with Gasteiger partial charge in [0.2, 0.25) is 5.91 Å². The normalized spacial score (nSPS) is 16.7. The highest BCUT2D eigenvalue weighted by molar-refractivity contribution is 5.81. The molecule has 1 N–H and O–H groups in total. The summed E-state index contributed by atoms with van der Waals surface area (Å²) in [6.07, 6.45) is 4.86. The van der Waals surface area contributed by atoms with E-state index in [9.17, 15) is 4.79 Å². The highest BCUT2D eigenvalue weighted by Gasteiger charge is 2.26. The van der Waals surface area contributed by atoms with Crippen molar-refractivity contribution in [3.05, 3.63) is 72.6 Å². The van der Waals surface area contributed by atoms with Crippen LogP contribution in [0.15, 0.2) is 61.2 Å². The Bertz CT molecular complexity index is 1070. The van der Waals surface area contributed by atoms with E-state index in [2.05, 4.69) is 28.6 Å². The first-order valence-electron chi connectivity index (χ1n) is 11.4. The van der Waals surface area contributed by atoms with Crippen LogP contribution in [0.5, 0.6) is 5.75 Å². The van der Waals surface area contributed by atoms with Crippen molar-refractivity contribution in [2.24, 2.45) is 0 Å². The van der Waals surface area contributed by atoms with Crippen molar-refractivity contribution in [2.75, 3.05) is 13.2 Å². The number of nitrogens with zero attached hydrogens (tertiary/aromatic N) is 2. The number of carbonyl (C=O) groups is 1. The van der Waals surface area contributed by atoms with E-state index in [4.69, 9.17) is 14.5 Å². The van der Waals surface area contributed by atoms with Gasteiger partial charge in [-0.2, -0.15) is 0 Å². The van der Waals surface area contributed by atoms with Gasteiger partial charge in [-0.1, -0.05) is 36.4 Å². The number of imidazole rings is 1. The van der Waals surface area contributed by atoms with Crippen molar-refractivity contribution in [3.63, 3.8) is 0 Å². The van der Waals surface area contributed by atoms with Crippen molar-refractivity contribution < 1.29 is 14.3 Å². The Morgan fingerprint density at radius 2 is 2.12 bits per heavy atom. The van der Waals surface area contributed by atoms with E-state index in [1.54, 1.807) is 0 Å². The molecular formula is C26H31N3O3. The maximum atomic E-state index is 12.6. The molecule has 2 aromatic carbocycles. The molecule has 2 unspecified atom stereocenters. The fourth-order valence-corrected chi connectivity index (χ4v) is 4.19. The number of aryl methyl sites for hydroxylation is 1. The van der Waals surface area contributed by atoms with Gasteiger partial charge in [-0.3, -0.25) is 4.79 Å². The summed E-state index contributed by atoms with van der Waals surface area (Å²) in [5.74, 6) is 1.70. The van der Waals surface area contributed by atoms with Gasteiger partial charge in [0.15, 0.2) is 0 Å². The first-order valence-corrected chi connectivity index (χ1v) is 11.4. The Hall–Kier alpha value is -3.12. The first kappa shape index (κ1) is 22.1. The van der Waals surface area contributed by atoms with Crippen LogP contribution in [-0.2, 0) is 22.5 Å². The van der Waals surface area contributed by atoms with Crippen molar-refractivity contribution in [2.45, 2.75) is 51.3 Å². The summed E-state index contributed by atoms with van der Waals surface area (Å²) in [6.45, 7) is 7.80. The van der Waals surface area contributed by atoms with Gasteiger partial charge in [0.25, 0.3) is 0 Å². The SMILES string of the molecule is C=CCc1ccccc1OCCCn1c(C(C)NC(=O)C2CCCO2)nc2ccccc21. The smallest absolute Gasteiger partial charge is 0.249 e. The Kier molecular flexibility index (Phi) is 7.22. The quantitative estimate of drug-likeness (QED) is 0.375. The van der Waals surface area contributed by atoms with Crippen LogP contribution in [0.1, 0.15) is 43.6 Å². The Labute approximate surface area is 189 Å². The number of benzene rings is 2. The number of para-hydroxylation sites is 3. The number of carbonyl (C=O) groups excluding carboxylic acids is 1. The lowest BCUT2D eigenvalue weighted by atomic mass is 10.1. The predicted molar refractivity (Wildman–Crippen MR) is 126 cm³/mol. The fraction of sp³-hybridized carbons (Fsp3) is 0.385. The van der Waals surface area contributed by atoms with E-state index in [0.29, 0.717) is 13.2 Å². The average molecular weight is 434 g/mol. The number of rotatable bonds is 10. The van der Waals surface area contributed by atoms with E-state index in [-0.39, 0.29) is 18.1 Å². The molecule has 4 rings (SSSR count). The van der Waals surface area contributed by atoms with Crippen LogP contribution in [0.4, 0.5) is 0 Å². The number of aromatic nitrogens is 2. The third kappa shape index (κ3) is 5.02. The molecule has 1 aromatic heterocycles. The standard InChI is InChI=1S/C26H31N3O3/c1-3-10-20-11-4-7-14-23(20)31-18-9-16-29-22-13-6-5-12-21(22)28-25(29)19(2)27-26(30)24-15-8-17-32-24/h3-7,11-14,19,24H,1,8-10,15-18H2,2H3,(H,27,30). The van der Waals surface area contributed by atoms with Gasteiger partial charge in [0, 0.05) is 13.2 Å². The van der Waals surface area contributed by atoms with E-state index < -0.39 is 0 Å². The molecular weight excluding hydrogens is 402 g/mol. The molecule has 2 heterocycles. The minimum Gasteiger partial charge on any atom is -0.493 e. The Balaban J connectivity index is 1.44. The summed E-state index contributed by atoms with van der Waals surface area (Å²) < 4.78 is 13.8. The summed E-state index contributed by atoms with van der Waals surface area (Å²) >= 11 is 0. The predicted octanol–water partition coefficient (Wildman–Crippen LogP) is 4.59. The number of ether oxygens (including phenoxy) is 2. The number of amides is 1. The number of fused-ring (bicyclic) bond motifs is 1. The van der Waals surface area contributed by atoms with E-state index in [1.165, 1.54) is 0 Å². The zero-order valence-corrected chi connectivity index (χ0v) is 18.6. The molecule has 0 spiro atoms. The van der Waals surface area contributed by atoms with Gasteiger partial charge in [-0.05, 0) is 56.4 Å². The third-order valence-corrected chi connectivity index (χ3v) is 5.77. The maximum Gasteiger partial charge on any atom is 0.249 e. The lowest BCUT2D eigenvalue weighted by molar-refractivity contribution is -0.130. The molecule has 1 aliphatic rings. The highest BCUT2D eigenvalue weighted by atomic mass is 16.5. The molecule has 2 atom stereocenters.